The van der Waals surface area contributed by atoms with E-state index < -0.39 is 12.7 Å². The molecule has 220 valence electrons. The smallest absolute Gasteiger partial charge is 0.406 e. The van der Waals surface area contributed by atoms with Crippen LogP contribution in [0.3, 0.4) is 0 Å². The second-order valence-corrected chi connectivity index (χ2v) is 9.58. The lowest BCUT2D eigenvalue weighted by Gasteiger charge is -2.25. The SMILES string of the molecule is CC1CS/C(=N/N=C\c2ccc(C(N)=NC=Nc3ccc(OC(F)(F)F)cc3)cc2)N1c1ccccc1OC(F)(F)F. The van der Waals surface area contributed by atoms with Gasteiger partial charge in [-0.2, -0.15) is 5.10 Å². The van der Waals surface area contributed by atoms with Crippen molar-refractivity contribution in [3.8, 4) is 11.5 Å². The maximum Gasteiger partial charge on any atom is 0.573 e. The molecular formula is C27H22F6N6O2S. The second-order valence-electron chi connectivity index (χ2n) is 8.60. The number of nitrogens with zero attached hydrogens (tertiary/aromatic N) is 5. The first-order valence-corrected chi connectivity index (χ1v) is 13.1. The summed E-state index contributed by atoms with van der Waals surface area (Å²) < 4.78 is 83.5. The lowest BCUT2D eigenvalue weighted by atomic mass is 10.1. The van der Waals surface area contributed by atoms with E-state index in [4.69, 9.17) is 5.73 Å². The number of benzene rings is 3. The van der Waals surface area contributed by atoms with Crippen molar-refractivity contribution >= 4 is 46.7 Å². The van der Waals surface area contributed by atoms with Crippen LogP contribution in [0.4, 0.5) is 37.7 Å². The molecule has 2 N–H and O–H groups in total. The van der Waals surface area contributed by atoms with Gasteiger partial charge in [0, 0.05) is 17.4 Å². The molecule has 1 saturated heterocycles. The van der Waals surface area contributed by atoms with E-state index in [1.807, 2.05) is 6.92 Å². The summed E-state index contributed by atoms with van der Waals surface area (Å²) in [6.45, 7) is 1.86. The molecule has 1 unspecified atom stereocenters. The van der Waals surface area contributed by atoms with Gasteiger partial charge >= 0.3 is 12.7 Å². The van der Waals surface area contributed by atoms with Gasteiger partial charge in [-0.3, -0.25) is 0 Å². The molecule has 0 bridgehead atoms. The largest absolute Gasteiger partial charge is 0.573 e. The standard InChI is InChI=1S/C27H22F6N6O2S/c1-17-15-42-25(39(17)22-4-2-3-5-23(22)41-27(31,32)33)38-37-14-18-6-8-19(9-7-18)24(34)36-16-35-20-10-12-21(13-11-20)40-26(28,29)30/h2-14,16-17H,15H2,1H3,(H2,34,35,36)/b37-14-,38-25+. The van der Waals surface area contributed by atoms with Gasteiger partial charge in [-0.1, -0.05) is 48.2 Å². The fourth-order valence-corrected chi connectivity index (χ4v) is 4.73. The molecule has 0 spiro atoms. The van der Waals surface area contributed by atoms with Crippen molar-refractivity contribution in [2.75, 3.05) is 10.7 Å². The molecule has 0 aliphatic carbocycles. The number of amidine groups is 2. The average Bonchev–Trinajstić information content (AvgIpc) is 3.28. The molecule has 1 heterocycles. The van der Waals surface area contributed by atoms with E-state index in [1.165, 1.54) is 54.6 Å². The van der Waals surface area contributed by atoms with Crippen LogP contribution in [0.2, 0.25) is 0 Å². The van der Waals surface area contributed by atoms with E-state index in [-0.39, 0.29) is 29.1 Å². The van der Waals surface area contributed by atoms with Crippen LogP contribution in [0.25, 0.3) is 0 Å². The van der Waals surface area contributed by atoms with Gasteiger partial charge in [-0.25, -0.2) is 9.98 Å². The van der Waals surface area contributed by atoms with E-state index in [0.717, 1.165) is 12.1 Å². The molecule has 3 aromatic carbocycles. The van der Waals surface area contributed by atoms with Crippen molar-refractivity contribution in [3.05, 3.63) is 83.9 Å². The molecular weight excluding hydrogens is 586 g/mol. The summed E-state index contributed by atoms with van der Waals surface area (Å²) in [5.41, 5.74) is 7.82. The summed E-state index contributed by atoms with van der Waals surface area (Å²) >= 11 is 1.36. The molecule has 15 heteroatoms. The quantitative estimate of drug-likeness (QED) is 0.130. The highest BCUT2D eigenvalue weighted by Gasteiger charge is 2.36. The number of rotatable bonds is 8. The Hall–Kier alpha value is -4.53. The molecule has 0 amide bonds. The highest BCUT2D eigenvalue weighted by Crippen LogP contribution is 2.38. The summed E-state index contributed by atoms with van der Waals surface area (Å²) in [6, 6.07) is 17.4. The molecule has 42 heavy (non-hydrogen) atoms. The molecule has 1 atom stereocenters. The number of hydrogen-bond donors (Lipinski definition) is 1. The lowest BCUT2D eigenvalue weighted by molar-refractivity contribution is -0.275. The number of ether oxygens (including phenoxy) is 2. The maximum absolute atomic E-state index is 12.9. The Morgan fingerprint density at radius 3 is 2.26 bits per heavy atom. The molecule has 0 aromatic heterocycles. The number of hydrogen-bond acceptors (Lipinski definition) is 6. The van der Waals surface area contributed by atoms with Crippen LogP contribution < -0.4 is 20.1 Å². The Labute approximate surface area is 240 Å². The zero-order valence-electron chi connectivity index (χ0n) is 21.7. The molecule has 1 fully saturated rings. The molecule has 0 radical (unpaired) electrons. The third-order valence-electron chi connectivity index (χ3n) is 5.48. The minimum absolute atomic E-state index is 0.144. The Kier molecular flexibility index (Phi) is 9.40. The predicted octanol–water partition coefficient (Wildman–Crippen LogP) is 6.88. The Bertz CT molecular complexity index is 1490. The number of para-hydroxylation sites is 2. The summed E-state index contributed by atoms with van der Waals surface area (Å²) in [5, 5.41) is 8.75. The van der Waals surface area contributed by atoms with Crippen molar-refractivity contribution in [2.24, 2.45) is 25.9 Å². The number of halogens is 6. The number of nitrogens with two attached hydrogens (primary N) is 1. The van der Waals surface area contributed by atoms with Gasteiger partial charge in [0.2, 0.25) is 0 Å². The Balaban J connectivity index is 1.40. The van der Waals surface area contributed by atoms with Gasteiger partial charge in [-0.15, -0.1) is 31.4 Å². The van der Waals surface area contributed by atoms with Crippen LogP contribution in [-0.2, 0) is 0 Å². The Morgan fingerprint density at radius 1 is 0.929 bits per heavy atom. The number of thioether (sulfide) groups is 1. The van der Waals surface area contributed by atoms with Crippen LogP contribution in [0, 0.1) is 0 Å². The van der Waals surface area contributed by atoms with E-state index in [1.54, 1.807) is 35.2 Å². The summed E-state index contributed by atoms with van der Waals surface area (Å²) in [7, 11) is 0. The molecule has 8 nitrogen and oxygen atoms in total. The second kappa shape index (κ2) is 13.0. The fourth-order valence-electron chi connectivity index (χ4n) is 3.66. The van der Waals surface area contributed by atoms with Crippen LogP contribution in [0.5, 0.6) is 11.5 Å². The zero-order valence-corrected chi connectivity index (χ0v) is 22.5. The molecule has 0 saturated carbocycles. The first-order valence-electron chi connectivity index (χ1n) is 12.1. The summed E-state index contributed by atoms with van der Waals surface area (Å²) in [6.07, 6.45) is -6.96. The maximum atomic E-state index is 12.9. The van der Waals surface area contributed by atoms with Gasteiger partial charge in [0.05, 0.1) is 17.6 Å². The first-order chi connectivity index (χ1) is 19.9. The van der Waals surface area contributed by atoms with Gasteiger partial charge in [0.15, 0.2) is 10.9 Å². The normalized spacial score (nSPS) is 17.5. The van der Waals surface area contributed by atoms with Crippen LogP contribution in [-0.4, -0.2) is 48.1 Å². The van der Waals surface area contributed by atoms with E-state index in [9.17, 15) is 26.3 Å². The topological polar surface area (TPSA) is 97.2 Å². The molecule has 1 aliphatic heterocycles. The minimum Gasteiger partial charge on any atom is -0.406 e. The first kappa shape index (κ1) is 30.4. The van der Waals surface area contributed by atoms with Crippen molar-refractivity contribution in [1.29, 1.82) is 0 Å². The summed E-state index contributed by atoms with van der Waals surface area (Å²) in [5.74, 6) is 0.0492. The van der Waals surface area contributed by atoms with Crippen molar-refractivity contribution in [2.45, 2.75) is 25.7 Å². The lowest BCUT2D eigenvalue weighted by Crippen LogP contribution is -2.32. The van der Waals surface area contributed by atoms with E-state index in [2.05, 4.69) is 29.7 Å². The highest BCUT2D eigenvalue weighted by molar-refractivity contribution is 8.14. The van der Waals surface area contributed by atoms with Gasteiger partial charge in [0.1, 0.15) is 17.9 Å². The van der Waals surface area contributed by atoms with Gasteiger partial charge in [-0.05, 0) is 48.9 Å². The van der Waals surface area contributed by atoms with Crippen molar-refractivity contribution in [3.63, 3.8) is 0 Å². The molecule has 1 aliphatic rings. The highest BCUT2D eigenvalue weighted by atomic mass is 32.2. The van der Waals surface area contributed by atoms with Crippen LogP contribution in [0.15, 0.2) is 93.0 Å². The molecule has 3 aromatic rings. The van der Waals surface area contributed by atoms with Crippen molar-refractivity contribution < 1.29 is 35.8 Å². The van der Waals surface area contributed by atoms with Crippen LogP contribution >= 0.6 is 11.8 Å². The predicted molar refractivity (Wildman–Crippen MR) is 151 cm³/mol. The van der Waals surface area contributed by atoms with E-state index >= 15 is 0 Å². The zero-order chi connectivity index (χ0) is 30.3. The van der Waals surface area contributed by atoms with E-state index in [0.29, 0.717) is 27.7 Å². The van der Waals surface area contributed by atoms with Gasteiger partial charge in [0.25, 0.3) is 0 Å². The third-order valence-corrected chi connectivity index (χ3v) is 6.67. The average molecular weight is 609 g/mol. The number of alkyl halides is 6. The van der Waals surface area contributed by atoms with Crippen molar-refractivity contribution in [1.82, 2.24) is 0 Å². The third kappa shape index (κ3) is 8.73. The summed E-state index contributed by atoms with van der Waals surface area (Å²) in [4.78, 5) is 9.71. The fraction of sp³-hybridized carbons (Fsp3) is 0.185. The van der Waals surface area contributed by atoms with Crippen LogP contribution in [0.1, 0.15) is 18.1 Å². The number of anilines is 1. The Morgan fingerprint density at radius 2 is 1.60 bits per heavy atom. The number of aliphatic imine (C=N–C) groups is 2. The monoisotopic (exact) mass is 608 g/mol. The minimum atomic E-state index is -4.83. The molecule has 4 rings (SSSR count). The van der Waals surface area contributed by atoms with Gasteiger partial charge < -0.3 is 20.1 Å².